The minimum Gasteiger partial charge on any atom is -0.324 e. The van der Waals surface area contributed by atoms with Crippen molar-refractivity contribution in [3.8, 4) is 0 Å². The Labute approximate surface area is 144 Å². The standard InChI is InChI=1S/C19H22N2O.ClH/c1-14-6-5-7-15(2)19(14)20-18(22)13-21-11-10-16-8-3-4-9-17(16)12-21;/h3-9H,10-13H2,1-2H3,(H,20,22);1H. The summed E-state index contributed by atoms with van der Waals surface area (Å²) >= 11 is 0. The number of nitrogens with one attached hydrogen (secondary N) is 1. The summed E-state index contributed by atoms with van der Waals surface area (Å²) in [6.07, 6.45) is 1.02. The molecule has 122 valence electrons. The van der Waals surface area contributed by atoms with Crippen LogP contribution in [-0.4, -0.2) is 23.9 Å². The summed E-state index contributed by atoms with van der Waals surface area (Å²) in [5.41, 5.74) is 5.92. The van der Waals surface area contributed by atoms with Gasteiger partial charge in [-0.3, -0.25) is 9.69 Å². The van der Waals surface area contributed by atoms with E-state index in [1.54, 1.807) is 0 Å². The molecule has 1 N–H and O–H groups in total. The van der Waals surface area contributed by atoms with Crippen molar-refractivity contribution in [2.45, 2.75) is 26.8 Å². The lowest BCUT2D eigenvalue weighted by Gasteiger charge is -2.28. The highest BCUT2D eigenvalue weighted by molar-refractivity contribution is 5.93. The van der Waals surface area contributed by atoms with Crippen molar-refractivity contribution >= 4 is 24.0 Å². The molecule has 3 rings (SSSR count). The zero-order chi connectivity index (χ0) is 15.5. The average molecular weight is 331 g/mol. The van der Waals surface area contributed by atoms with Gasteiger partial charge in [-0.05, 0) is 42.5 Å². The first-order valence-corrected chi connectivity index (χ1v) is 7.78. The van der Waals surface area contributed by atoms with Gasteiger partial charge >= 0.3 is 0 Å². The number of hydrogen-bond acceptors (Lipinski definition) is 2. The molecule has 0 saturated heterocycles. The largest absolute Gasteiger partial charge is 0.324 e. The number of carbonyl (C=O) groups excluding carboxylic acids is 1. The quantitative estimate of drug-likeness (QED) is 0.930. The molecule has 0 unspecified atom stereocenters. The first-order valence-electron chi connectivity index (χ1n) is 7.78. The van der Waals surface area contributed by atoms with Crippen LogP contribution in [-0.2, 0) is 17.8 Å². The molecule has 0 aromatic heterocycles. The summed E-state index contributed by atoms with van der Waals surface area (Å²) in [5, 5.41) is 3.07. The van der Waals surface area contributed by atoms with Crippen LogP contribution in [0.5, 0.6) is 0 Å². The zero-order valence-corrected chi connectivity index (χ0v) is 14.5. The van der Waals surface area contributed by atoms with Gasteiger partial charge in [0.05, 0.1) is 6.54 Å². The maximum atomic E-state index is 12.3. The number of amides is 1. The minimum atomic E-state index is 0. The zero-order valence-electron chi connectivity index (χ0n) is 13.6. The van der Waals surface area contributed by atoms with Crippen LogP contribution in [0, 0.1) is 13.8 Å². The van der Waals surface area contributed by atoms with Crippen LogP contribution in [0.4, 0.5) is 5.69 Å². The van der Waals surface area contributed by atoms with Crippen LogP contribution in [0.25, 0.3) is 0 Å². The van der Waals surface area contributed by atoms with E-state index in [2.05, 4.69) is 34.5 Å². The number of halogens is 1. The predicted molar refractivity (Wildman–Crippen MR) is 97.2 cm³/mol. The molecule has 2 aromatic carbocycles. The van der Waals surface area contributed by atoms with Crippen molar-refractivity contribution < 1.29 is 4.79 Å². The molecule has 0 radical (unpaired) electrons. The van der Waals surface area contributed by atoms with E-state index in [0.717, 1.165) is 36.3 Å². The fraction of sp³-hybridized carbons (Fsp3) is 0.316. The van der Waals surface area contributed by atoms with E-state index in [1.165, 1.54) is 11.1 Å². The van der Waals surface area contributed by atoms with E-state index in [4.69, 9.17) is 0 Å². The van der Waals surface area contributed by atoms with E-state index >= 15 is 0 Å². The third kappa shape index (κ3) is 4.12. The van der Waals surface area contributed by atoms with Crippen LogP contribution in [0.2, 0.25) is 0 Å². The number of rotatable bonds is 3. The molecule has 23 heavy (non-hydrogen) atoms. The second kappa shape index (κ2) is 7.62. The van der Waals surface area contributed by atoms with Gasteiger partial charge in [0.1, 0.15) is 0 Å². The van der Waals surface area contributed by atoms with Crippen molar-refractivity contribution in [2.24, 2.45) is 0 Å². The monoisotopic (exact) mass is 330 g/mol. The van der Waals surface area contributed by atoms with Gasteiger partial charge in [0.2, 0.25) is 5.91 Å². The minimum absolute atomic E-state index is 0. The van der Waals surface area contributed by atoms with Gasteiger partial charge in [-0.1, -0.05) is 42.5 Å². The molecule has 0 bridgehead atoms. The van der Waals surface area contributed by atoms with Crippen molar-refractivity contribution in [1.82, 2.24) is 4.90 Å². The average Bonchev–Trinajstić information content (AvgIpc) is 2.51. The Morgan fingerprint density at radius 3 is 2.39 bits per heavy atom. The molecule has 0 fully saturated rings. The summed E-state index contributed by atoms with van der Waals surface area (Å²) in [6, 6.07) is 14.6. The summed E-state index contributed by atoms with van der Waals surface area (Å²) in [6.45, 7) is 6.30. The van der Waals surface area contributed by atoms with Gasteiger partial charge in [-0.15, -0.1) is 12.4 Å². The summed E-state index contributed by atoms with van der Waals surface area (Å²) in [5.74, 6) is 0.0665. The predicted octanol–water partition coefficient (Wildman–Crippen LogP) is 3.72. The first kappa shape index (κ1) is 17.5. The van der Waals surface area contributed by atoms with Crippen LogP contribution in [0.3, 0.4) is 0 Å². The lowest BCUT2D eigenvalue weighted by Crippen LogP contribution is -2.37. The maximum absolute atomic E-state index is 12.3. The van der Waals surface area contributed by atoms with Gasteiger partial charge in [0, 0.05) is 18.8 Å². The van der Waals surface area contributed by atoms with Gasteiger partial charge < -0.3 is 5.32 Å². The van der Waals surface area contributed by atoms with Gasteiger partial charge in [-0.25, -0.2) is 0 Å². The second-order valence-corrected chi connectivity index (χ2v) is 6.04. The third-order valence-electron chi connectivity index (χ3n) is 4.32. The lowest BCUT2D eigenvalue weighted by atomic mass is 10.00. The van der Waals surface area contributed by atoms with E-state index in [0.29, 0.717) is 6.54 Å². The van der Waals surface area contributed by atoms with E-state index in [-0.39, 0.29) is 18.3 Å². The van der Waals surface area contributed by atoms with Crippen LogP contribution < -0.4 is 5.32 Å². The highest BCUT2D eigenvalue weighted by atomic mass is 35.5. The third-order valence-corrected chi connectivity index (χ3v) is 4.32. The number of hydrogen-bond donors (Lipinski definition) is 1. The van der Waals surface area contributed by atoms with Crippen LogP contribution >= 0.6 is 12.4 Å². The Kier molecular flexibility index (Phi) is 5.80. The SMILES string of the molecule is Cc1cccc(C)c1NC(=O)CN1CCc2ccccc2C1.Cl. The number of para-hydroxylation sites is 1. The summed E-state index contributed by atoms with van der Waals surface area (Å²) < 4.78 is 0. The van der Waals surface area contributed by atoms with Crippen LogP contribution in [0.15, 0.2) is 42.5 Å². The molecule has 1 heterocycles. The first-order chi connectivity index (χ1) is 10.6. The number of nitrogens with zero attached hydrogens (tertiary/aromatic N) is 1. The Morgan fingerprint density at radius 2 is 1.70 bits per heavy atom. The highest BCUT2D eigenvalue weighted by Crippen LogP contribution is 2.21. The fourth-order valence-corrected chi connectivity index (χ4v) is 3.08. The van der Waals surface area contributed by atoms with E-state index in [9.17, 15) is 4.79 Å². The number of carbonyl (C=O) groups is 1. The van der Waals surface area contributed by atoms with Crippen LogP contribution in [0.1, 0.15) is 22.3 Å². The number of anilines is 1. The lowest BCUT2D eigenvalue weighted by molar-refractivity contribution is -0.117. The van der Waals surface area contributed by atoms with E-state index < -0.39 is 0 Å². The Hall–Kier alpha value is -1.84. The molecule has 0 aliphatic carbocycles. The molecule has 1 amide bonds. The fourth-order valence-electron chi connectivity index (χ4n) is 3.08. The molecule has 2 aromatic rings. The highest BCUT2D eigenvalue weighted by Gasteiger charge is 2.18. The van der Waals surface area contributed by atoms with Gasteiger partial charge in [-0.2, -0.15) is 0 Å². The van der Waals surface area contributed by atoms with Crippen molar-refractivity contribution in [3.63, 3.8) is 0 Å². The molecular weight excluding hydrogens is 308 g/mol. The molecule has 4 heteroatoms. The molecular formula is C19H23ClN2O. The molecule has 0 spiro atoms. The topological polar surface area (TPSA) is 32.3 Å². The maximum Gasteiger partial charge on any atom is 0.238 e. The number of benzene rings is 2. The normalized spacial score (nSPS) is 13.8. The Morgan fingerprint density at radius 1 is 1.04 bits per heavy atom. The van der Waals surface area contributed by atoms with Crippen molar-refractivity contribution in [1.29, 1.82) is 0 Å². The van der Waals surface area contributed by atoms with Gasteiger partial charge in [0.25, 0.3) is 0 Å². The smallest absolute Gasteiger partial charge is 0.238 e. The van der Waals surface area contributed by atoms with Gasteiger partial charge in [0.15, 0.2) is 0 Å². The number of aryl methyl sites for hydroxylation is 2. The molecule has 3 nitrogen and oxygen atoms in total. The van der Waals surface area contributed by atoms with E-state index in [1.807, 2.05) is 32.0 Å². The Bertz CT molecular complexity index is 679. The molecule has 0 saturated carbocycles. The summed E-state index contributed by atoms with van der Waals surface area (Å²) in [7, 11) is 0. The summed E-state index contributed by atoms with van der Waals surface area (Å²) in [4.78, 5) is 14.6. The Balaban J connectivity index is 0.00000192. The molecule has 1 aliphatic heterocycles. The number of fused-ring (bicyclic) bond motifs is 1. The van der Waals surface area contributed by atoms with Crippen molar-refractivity contribution in [2.75, 3.05) is 18.4 Å². The molecule has 0 atom stereocenters. The molecule has 1 aliphatic rings. The van der Waals surface area contributed by atoms with Crippen molar-refractivity contribution in [3.05, 3.63) is 64.7 Å². The second-order valence-electron chi connectivity index (χ2n) is 6.04.